The molecule has 1 fully saturated rings. The van der Waals surface area contributed by atoms with Gasteiger partial charge in [-0.25, -0.2) is 4.98 Å². The van der Waals surface area contributed by atoms with Crippen LogP contribution in [0.2, 0.25) is 0 Å². The summed E-state index contributed by atoms with van der Waals surface area (Å²) in [5.74, 6) is 0. The molecule has 0 spiro atoms. The Balaban J connectivity index is 1.94. The number of aryl methyl sites for hydroxylation is 1. The Morgan fingerprint density at radius 3 is 2.80 bits per heavy atom. The fourth-order valence-electron chi connectivity index (χ4n) is 3.13. The predicted octanol–water partition coefficient (Wildman–Crippen LogP) is 3.03. The summed E-state index contributed by atoms with van der Waals surface area (Å²) in [5, 5.41) is 4.23. The van der Waals surface area contributed by atoms with Crippen LogP contribution in [-0.4, -0.2) is 32.3 Å². The molecule has 3 heterocycles. The highest BCUT2D eigenvalue weighted by molar-refractivity contribution is 5.54. The number of nitrogens with zero attached hydrogens (tertiary/aromatic N) is 4. The summed E-state index contributed by atoms with van der Waals surface area (Å²) >= 11 is 0. The third kappa shape index (κ3) is 2.36. The maximum absolute atomic E-state index is 4.89. The molecule has 1 aliphatic heterocycles. The normalized spacial score (nSPS) is 19.9. The molecule has 1 aliphatic rings. The van der Waals surface area contributed by atoms with Crippen molar-refractivity contribution in [3.63, 3.8) is 0 Å². The minimum absolute atomic E-state index is 0.461. The van der Waals surface area contributed by atoms with Crippen molar-refractivity contribution < 1.29 is 0 Å². The largest absolute Gasteiger partial charge is 0.292 e. The molecule has 0 radical (unpaired) electrons. The lowest BCUT2D eigenvalue weighted by atomic mass is 10.1. The van der Waals surface area contributed by atoms with E-state index in [0.29, 0.717) is 12.1 Å². The minimum Gasteiger partial charge on any atom is -0.292 e. The van der Waals surface area contributed by atoms with Crippen molar-refractivity contribution >= 4 is 0 Å². The summed E-state index contributed by atoms with van der Waals surface area (Å²) in [5.41, 5.74) is 3.27. The molecule has 0 bridgehead atoms. The molecule has 1 saturated heterocycles. The molecule has 2 aromatic heterocycles. The number of likely N-dealkylation sites (tertiary alicyclic amines) is 1. The van der Waals surface area contributed by atoms with E-state index in [1.54, 1.807) is 0 Å². The second-order valence-corrected chi connectivity index (χ2v) is 5.78. The van der Waals surface area contributed by atoms with Crippen LogP contribution in [0.5, 0.6) is 0 Å². The molecular formula is C16H22N4. The van der Waals surface area contributed by atoms with E-state index in [4.69, 9.17) is 4.98 Å². The number of hydrogen-bond acceptors (Lipinski definition) is 3. The quantitative estimate of drug-likeness (QED) is 0.859. The Hall–Kier alpha value is -1.68. The summed E-state index contributed by atoms with van der Waals surface area (Å²) in [6.07, 6.45) is 4.29. The van der Waals surface area contributed by atoms with Crippen molar-refractivity contribution in [2.75, 3.05) is 6.54 Å². The summed E-state index contributed by atoms with van der Waals surface area (Å²) < 4.78 is 1.88. The Kier molecular flexibility index (Phi) is 3.57. The van der Waals surface area contributed by atoms with E-state index in [9.17, 15) is 0 Å². The average Bonchev–Trinajstić information content (AvgIpc) is 3.07. The average molecular weight is 270 g/mol. The first-order valence-electron chi connectivity index (χ1n) is 7.38. The molecular weight excluding hydrogens is 248 g/mol. The smallest absolute Gasteiger partial charge is 0.0886 e. The highest BCUT2D eigenvalue weighted by Crippen LogP contribution is 2.33. The van der Waals surface area contributed by atoms with Crippen molar-refractivity contribution in [3.05, 3.63) is 36.2 Å². The van der Waals surface area contributed by atoms with Gasteiger partial charge in [-0.3, -0.25) is 9.58 Å². The van der Waals surface area contributed by atoms with Gasteiger partial charge in [-0.15, -0.1) is 0 Å². The molecule has 106 valence electrons. The van der Waals surface area contributed by atoms with E-state index >= 15 is 0 Å². The third-order valence-corrected chi connectivity index (χ3v) is 4.15. The summed E-state index contributed by atoms with van der Waals surface area (Å²) in [6, 6.07) is 9.39. The van der Waals surface area contributed by atoms with E-state index in [0.717, 1.165) is 11.4 Å². The molecule has 0 aliphatic carbocycles. The van der Waals surface area contributed by atoms with Gasteiger partial charge in [0.25, 0.3) is 0 Å². The molecule has 4 heteroatoms. The first-order chi connectivity index (χ1) is 9.66. The van der Waals surface area contributed by atoms with Crippen LogP contribution in [0, 0.1) is 0 Å². The standard InChI is InChI=1S/C16H22N4/c1-12(2)20-11-5-8-16(20)14-7-4-6-13(18-14)15-9-10-17-19(15)3/h4,6-7,9-10,12,16H,5,8,11H2,1-3H3. The van der Waals surface area contributed by atoms with Gasteiger partial charge in [0.15, 0.2) is 0 Å². The molecule has 4 nitrogen and oxygen atoms in total. The molecule has 0 N–H and O–H groups in total. The zero-order valence-corrected chi connectivity index (χ0v) is 12.5. The topological polar surface area (TPSA) is 34.0 Å². The van der Waals surface area contributed by atoms with Gasteiger partial charge >= 0.3 is 0 Å². The molecule has 20 heavy (non-hydrogen) atoms. The van der Waals surface area contributed by atoms with Crippen LogP contribution < -0.4 is 0 Å². The molecule has 3 rings (SSSR count). The lowest BCUT2D eigenvalue weighted by Crippen LogP contribution is -2.30. The van der Waals surface area contributed by atoms with Gasteiger partial charge < -0.3 is 0 Å². The molecule has 2 aromatic rings. The molecule has 1 atom stereocenters. The van der Waals surface area contributed by atoms with Gasteiger partial charge in [0.05, 0.1) is 23.1 Å². The lowest BCUT2D eigenvalue weighted by molar-refractivity contribution is 0.202. The minimum atomic E-state index is 0.461. The van der Waals surface area contributed by atoms with Crippen molar-refractivity contribution in [2.45, 2.75) is 38.8 Å². The van der Waals surface area contributed by atoms with Crippen molar-refractivity contribution in [3.8, 4) is 11.4 Å². The second-order valence-electron chi connectivity index (χ2n) is 5.78. The van der Waals surface area contributed by atoms with Gasteiger partial charge in [0, 0.05) is 19.3 Å². The Labute approximate surface area is 120 Å². The van der Waals surface area contributed by atoms with Crippen LogP contribution in [0.15, 0.2) is 30.5 Å². The molecule has 0 saturated carbocycles. The van der Waals surface area contributed by atoms with Crippen LogP contribution in [0.1, 0.15) is 38.4 Å². The Bertz CT molecular complexity index is 588. The number of pyridine rings is 1. The van der Waals surface area contributed by atoms with Crippen molar-refractivity contribution in [1.82, 2.24) is 19.7 Å². The monoisotopic (exact) mass is 270 g/mol. The van der Waals surface area contributed by atoms with Crippen molar-refractivity contribution in [2.24, 2.45) is 7.05 Å². The van der Waals surface area contributed by atoms with Crippen molar-refractivity contribution in [1.29, 1.82) is 0 Å². The van der Waals surface area contributed by atoms with Crippen LogP contribution >= 0.6 is 0 Å². The Morgan fingerprint density at radius 1 is 1.25 bits per heavy atom. The van der Waals surface area contributed by atoms with E-state index in [2.05, 4.69) is 42.0 Å². The van der Waals surface area contributed by atoms with E-state index in [1.807, 2.05) is 24.0 Å². The highest BCUT2D eigenvalue weighted by Gasteiger charge is 2.28. The van der Waals surface area contributed by atoms with E-state index < -0.39 is 0 Å². The molecule has 0 amide bonds. The maximum atomic E-state index is 4.89. The molecule has 1 unspecified atom stereocenters. The van der Waals surface area contributed by atoms with E-state index in [1.165, 1.54) is 25.1 Å². The zero-order valence-electron chi connectivity index (χ0n) is 12.5. The predicted molar refractivity (Wildman–Crippen MR) is 80.3 cm³/mol. The van der Waals surface area contributed by atoms with Crippen LogP contribution in [-0.2, 0) is 7.05 Å². The fourth-order valence-corrected chi connectivity index (χ4v) is 3.13. The van der Waals surface area contributed by atoms with Gasteiger partial charge in [-0.1, -0.05) is 6.07 Å². The first kappa shape index (κ1) is 13.3. The van der Waals surface area contributed by atoms with Crippen LogP contribution in [0.25, 0.3) is 11.4 Å². The number of rotatable bonds is 3. The fraction of sp³-hybridized carbons (Fsp3) is 0.500. The van der Waals surface area contributed by atoms with Gasteiger partial charge in [-0.2, -0.15) is 5.10 Å². The Morgan fingerprint density at radius 2 is 2.10 bits per heavy atom. The number of hydrogen-bond donors (Lipinski definition) is 0. The molecule has 0 aromatic carbocycles. The highest BCUT2D eigenvalue weighted by atomic mass is 15.3. The van der Waals surface area contributed by atoms with Gasteiger partial charge in [-0.05, 0) is 51.4 Å². The van der Waals surface area contributed by atoms with Crippen LogP contribution in [0.3, 0.4) is 0 Å². The second kappa shape index (κ2) is 5.37. The van der Waals surface area contributed by atoms with Gasteiger partial charge in [0.2, 0.25) is 0 Å². The summed E-state index contributed by atoms with van der Waals surface area (Å²) in [7, 11) is 1.96. The zero-order chi connectivity index (χ0) is 14.1. The van der Waals surface area contributed by atoms with Crippen LogP contribution in [0.4, 0.5) is 0 Å². The van der Waals surface area contributed by atoms with E-state index in [-0.39, 0.29) is 0 Å². The number of aromatic nitrogens is 3. The summed E-state index contributed by atoms with van der Waals surface area (Å²) in [4.78, 5) is 7.44. The lowest BCUT2D eigenvalue weighted by Gasteiger charge is -2.28. The first-order valence-corrected chi connectivity index (χ1v) is 7.38. The van der Waals surface area contributed by atoms with Gasteiger partial charge in [0.1, 0.15) is 0 Å². The summed E-state index contributed by atoms with van der Waals surface area (Å²) in [6.45, 7) is 5.71. The third-order valence-electron chi connectivity index (χ3n) is 4.15. The maximum Gasteiger partial charge on any atom is 0.0886 e. The SMILES string of the molecule is CC(C)N1CCCC1c1cccc(-c2ccnn2C)n1.